The zero-order chi connectivity index (χ0) is 23.6. The normalized spacial score (nSPS) is 11.9. The molecule has 0 fully saturated rings. The fourth-order valence-electron chi connectivity index (χ4n) is 5.86. The molecule has 36 heavy (non-hydrogen) atoms. The van der Waals surface area contributed by atoms with Crippen LogP contribution in [0.5, 0.6) is 0 Å². The molecule has 0 aliphatic heterocycles. The van der Waals surface area contributed by atoms with Crippen LogP contribution < -0.4 is 0 Å². The standard InChI is InChI=1S/C34H22N2/c1-2-9-25(10-3-1)36-32-13-7-6-12-27(32)29-20-23(16-19-33(29)36)24-14-17-28-31(21-24)35-30-18-15-22-8-4-5-11-26(22)34(28)30/h1-21,35H. The van der Waals surface area contributed by atoms with Crippen LogP contribution in [0.3, 0.4) is 0 Å². The fraction of sp³-hybridized carbons (Fsp3) is 0. The monoisotopic (exact) mass is 458 g/mol. The van der Waals surface area contributed by atoms with E-state index >= 15 is 0 Å². The first-order valence-electron chi connectivity index (χ1n) is 12.4. The minimum absolute atomic E-state index is 1.17. The molecule has 0 spiro atoms. The van der Waals surface area contributed by atoms with Gasteiger partial charge < -0.3 is 9.55 Å². The average molecular weight is 459 g/mol. The Bertz CT molecular complexity index is 2090. The summed E-state index contributed by atoms with van der Waals surface area (Å²) < 4.78 is 2.36. The second-order valence-corrected chi connectivity index (χ2v) is 9.51. The van der Waals surface area contributed by atoms with E-state index in [1.54, 1.807) is 0 Å². The highest BCUT2D eigenvalue weighted by atomic mass is 15.0. The lowest BCUT2D eigenvalue weighted by Crippen LogP contribution is -1.92. The first kappa shape index (κ1) is 19.5. The molecule has 0 saturated heterocycles. The van der Waals surface area contributed by atoms with Gasteiger partial charge in [0, 0.05) is 38.3 Å². The predicted molar refractivity (Wildman–Crippen MR) is 153 cm³/mol. The van der Waals surface area contributed by atoms with Crippen molar-refractivity contribution in [3.05, 3.63) is 127 Å². The summed E-state index contributed by atoms with van der Waals surface area (Å²) in [6, 6.07) is 46.0. The van der Waals surface area contributed by atoms with Crippen LogP contribution in [0.1, 0.15) is 0 Å². The molecular weight excluding hydrogens is 436 g/mol. The highest BCUT2D eigenvalue weighted by Gasteiger charge is 2.14. The van der Waals surface area contributed by atoms with E-state index in [0.29, 0.717) is 0 Å². The van der Waals surface area contributed by atoms with Crippen molar-refractivity contribution >= 4 is 54.4 Å². The summed E-state index contributed by atoms with van der Waals surface area (Å²) in [6.45, 7) is 0. The average Bonchev–Trinajstić information content (AvgIpc) is 3.48. The van der Waals surface area contributed by atoms with Crippen LogP contribution in [0.15, 0.2) is 127 Å². The Kier molecular flexibility index (Phi) is 3.97. The van der Waals surface area contributed by atoms with Crippen LogP contribution in [0.2, 0.25) is 0 Å². The predicted octanol–water partition coefficient (Wildman–Crippen LogP) is 9.24. The summed E-state index contributed by atoms with van der Waals surface area (Å²) in [5.41, 5.74) is 8.44. The van der Waals surface area contributed by atoms with Crippen molar-refractivity contribution in [2.45, 2.75) is 0 Å². The van der Waals surface area contributed by atoms with Crippen molar-refractivity contribution in [3.8, 4) is 16.8 Å². The molecule has 0 radical (unpaired) electrons. The zero-order valence-corrected chi connectivity index (χ0v) is 19.6. The van der Waals surface area contributed by atoms with Gasteiger partial charge in [-0.2, -0.15) is 0 Å². The Morgan fingerprint density at radius 3 is 2.08 bits per heavy atom. The number of nitrogens with zero attached hydrogens (tertiary/aromatic N) is 1. The molecule has 0 atom stereocenters. The van der Waals surface area contributed by atoms with Gasteiger partial charge in [-0.1, -0.05) is 84.9 Å². The van der Waals surface area contributed by atoms with E-state index in [0.717, 1.165) is 0 Å². The third-order valence-electron chi connectivity index (χ3n) is 7.51. The topological polar surface area (TPSA) is 20.7 Å². The number of hydrogen-bond donors (Lipinski definition) is 1. The molecule has 0 unspecified atom stereocenters. The van der Waals surface area contributed by atoms with Gasteiger partial charge in [-0.15, -0.1) is 0 Å². The second-order valence-electron chi connectivity index (χ2n) is 9.51. The molecule has 6 aromatic carbocycles. The molecule has 168 valence electrons. The quantitative estimate of drug-likeness (QED) is 0.266. The van der Waals surface area contributed by atoms with Crippen molar-refractivity contribution in [1.82, 2.24) is 9.55 Å². The molecule has 0 bridgehead atoms. The smallest absolute Gasteiger partial charge is 0.0541 e. The van der Waals surface area contributed by atoms with Gasteiger partial charge in [-0.3, -0.25) is 0 Å². The number of aromatic amines is 1. The van der Waals surface area contributed by atoms with E-state index in [1.165, 1.54) is 71.2 Å². The first-order chi connectivity index (χ1) is 17.8. The van der Waals surface area contributed by atoms with Crippen LogP contribution >= 0.6 is 0 Å². The molecule has 0 amide bonds. The zero-order valence-electron chi connectivity index (χ0n) is 19.6. The summed E-state index contributed by atoms with van der Waals surface area (Å²) in [5.74, 6) is 0. The van der Waals surface area contributed by atoms with Crippen molar-refractivity contribution in [3.63, 3.8) is 0 Å². The molecule has 2 heteroatoms. The van der Waals surface area contributed by atoms with Gasteiger partial charge in [0.15, 0.2) is 0 Å². The third-order valence-corrected chi connectivity index (χ3v) is 7.51. The molecular formula is C34H22N2. The Morgan fingerprint density at radius 1 is 0.444 bits per heavy atom. The molecule has 8 rings (SSSR count). The Labute approximate surface area is 208 Å². The van der Waals surface area contributed by atoms with Crippen molar-refractivity contribution in [1.29, 1.82) is 0 Å². The maximum atomic E-state index is 3.67. The van der Waals surface area contributed by atoms with E-state index in [2.05, 4.69) is 137 Å². The van der Waals surface area contributed by atoms with Crippen molar-refractivity contribution < 1.29 is 0 Å². The van der Waals surface area contributed by atoms with Gasteiger partial charge in [0.25, 0.3) is 0 Å². The third kappa shape index (κ3) is 2.73. The van der Waals surface area contributed by atoms with E-state index in [4.69, 9.17) is 0 Å². The first-order valence-corrected chi connectivity index (χ1v) is 12.4. The molecule has 0 aliphatic carbocycles. The van der Waals surface area contributed by atoms with Gasteiger partial charge in [0.05, 0.1) is 11.0 Å². The summed E-state index contributed by atoms with van der Waals surface area (Å²) >= 11 is 0. The van der Waals surface area contributed by atoms with Crippen LogP contribution in [0.4, 0.5) is 0 Å². The molecule has 1 N–H and O–H groups in total. The minimum atomic E-state index is 1.17. The lowest BCUT2D eigenvalue weighted by atomic mass is 10.00. The molecule has 8 aromatic rings. The Hall–Kier alpha value is -4.82. The second kappa shape index (κ2) is 7.34. The Balaban J connectivity index is 1.35. The van der Waals surface area contributed by atoms with Crippen LogP contribution in [0, 0.1) is 0 Å². The van der Waals surface area contributed by atoms with Gasteiger partial charge in [0.2, 0.25) is 0 Å². The maximum absolute atomic E-state index is 3.67. The van der Waals surface area contributed by atoms with Gasteiger partial charge in [0.1, 0.15) is 0 Å². The molecule has 2 aromatic heterocycles. The van der Waals surface area contributed by atoms with Gasteiger partial charge in [-0.25, -0.2) is 0 Å². The molecule has 2 heterocycles. The van der Waals surface area contributed by atoms with E-state index in [1.807, 2.05) is 0 Å². The SMILES string of the molecule is c1ccc(-n2c3ccccc3c3cc(-c4ccc5c(c4)[nH]c4ccc6ccccc6c45)ccc32)cc1. The van der Waals surface area contributed by atoms with Crippen LogP contribution in [0.25, 0.3) is 71.2 Å². The summed E-state index contributed by atoms with van der Waals surface area (Å²) in [6.07, 6.45) is 0. The van der Waals surface area contributed by atoms with E-state index in [9.17, 15) is 0 Å². The van der Waals surface area contributed by atoms with E-state index < -0.39 is 0 Å². The number of rotatable bonds is 2. The number of hydrogen-bond acceptors (Lipinski definition) is 0. The van der Waals surface area contributed by atoms with Crippen LogP contribution in [-0.4, -0.2) is 9.55 Å². The molecule has 0 saturated carbocycles. The minimum Gasteiger partial charge on any atom is -0.354 e. The van der Waals surface area contributed by atoms with Gasteiger partial charge >= 0.3 is 0 Å². The number of benzene rings is 6. The maximum Gasteiger partial charge on any atom is 0.0541 e. The Morgan fingerprint density at radius 2 is 1.17 bits per heavy atom. The van der Waals surface area contributed by atoms with Crippen molar-refractivity contribution in [2.24, 2.45) is 0 Å². The number of fused-ring (bicyclic) bond motifs is 8. The number of nitrogens with one attached hydrogen (secondary N) is 1. The number of para-hydroxylation sites is 2. The lowest BCUT2D eigenvalue weighted by Gasteiger charge is -2.08. The highest BCUT2D eigenvalue weighted by Crippen LogP contribution is 2.37. The summed E-state index contributed by atoms with van der Waals surface area (Å²) in [4.78, 5) is 3.67. The van der Waals surface area contributed by atoms with Gasteiger partial charge in [-0.05, 0) is 64.4 Å². The van der Waals surface area contributed by atoms with Crippen LogP contribution in [-0.2, 0) is 0 Å². The molecule has 2 nitrogen and oxygen atoms in total. The number of H-pyrrole nitrogens is 1. The fourth-order valence-corrected chi connectivity index (χ4v) is 5.86. The largest absolute Gasteiger partial charge is 0.354 e. The summed E-state index contributed by atoms with van der Waals surface area (Å²) in [5, 5.41) is 7.69. The molecule has 0 aliphatic rings. The summed E-state index contributed by atoms with van der Waals surface area (Å²) in [7, 11) is 0. The van der Waals surface area contributed by atoms with Crippen molar-refractivity contribution in [2.75, 3.05) is 0 Å². The highest BCUT2D eigenvalue weighted by molar-refractivity contribution is 6.20. The van der Waals surface area contributed by atoms with E-state index in [-0.39, 0.29) is 0 Å². The number of aromatic nitrogens is 2. The lowest BCUT2D eigenvalue weighted by molar-refractivity contribution is 1.18.